The van der Waals surface area contributed by atoms with Gasteiger partial charge in [0, 0.05) is 86.8 Å². The van der Waals surface area contributed by atoms with Gasteiger partial charge in [-0.3, -0.25) is 9.58 Å². The first kappa shape index (κ1) is 46.0. The number of nitrogens with one attached hydrogen (secondary N) is 1. The van der Waals surface area contributed by atoms with E-state index in [1.54, 1.807) is 12.1 Å². The minimum absolute atomic E-state index is 0.172. The van der Waals surface area contributed by atoms with E-state index >= 15 is 0 Å². The smallest absolute Gasteiger partial charge is 0.355 e. The molecule has 0 bridgehead atoms. The maximum absolute atomic E-state index is 14.3. The van der Waals surface area contributed by atoms with E-state index in [4.69, 9.17) is 31.3 Å². The van der Waals surface area contributed by atoms with Crippen LogP contribution in [0.25, 0.3) is 43.8 Å². The van der Waals surface area contributed by atoms with E-state index in [9.17, 15) is 14.4 Å². The van der Waals surface area contributed by atoms with Crippen LogP contribution in [0.2, 0.25) is 5.02 Å². The molecule has 7 aromatic rings. The number of carbonyl (C=O) groups is 3. The van der Waals surface area contributed by atoms with Crippen LogP contribution in [-0.4, -0.2) is 109 Å². The third kappa shape index (κ3) is 10.2. The second-order valence-electron chi connectivity index (χ2n) is 17.4. The summed E-state index contributed by atoms with van der Waals surface area (Å²) in [5, 5.41) is 17.6. The number of benzene rings is 4. The Morgan fingerprint density at radius 2 is 1.62 bits per heavy atom. The first-order valence-corrected chi connectivity index (χ1v) is 22.3. The Balaban J connectivity index is 0.000000321. The summed E-state index contributed by atoms with van der Waals surface area (Å²) in [5.74, 6) is 0.185. The predicted molar refractivity (Wildman–Crippen MR) is 253 cm³/mol. The van der Waals surface area contributed by atoms with Crippen molar-refractivity contribution in [3.05, 3.63) is 112 Å². The Labute approximate surface area is 378 Å². The largest absolute Gasteiger partial charge is 0.493 e. The van der Waals surface area contributed by atoms with E-state index in [2.05, 4.69) is 62.6 Å². The van der Waals surface area contributed by atoms with Crippen molar-refractivity contribution in [3.63, 3.8) is 0 Å². The van der Waals surface area contributed by atoms with Crippen molar-refractivity contribution in [1.82, 2.24) is 34.1 Å². The van der Waals surface area contributed by atoms with Gasteiger partial charge in [0.15, 0.2) is 0 Å². The SMILES string of the molecule is Cc1nn(C)c(C)c1-c1c(Cl)ccc2c(CCCOc3cccc4ccccc34)c(C(=O)OC(C)(C)C)n(CCN3CCN(C)CC3)c12.O=CCCc1nc2c(C(=O)O)cccc2[nH]1. The van der Waals surface area contributed by atoms with Gasteiger partial charge in [0.2, 0.25) is 0 Å². The molecule has 1 aliphatic heterocycles. The first-order valence-electron chi connectivity index (χ1n) is 21.9. The molecule has 2 N–H and O–H groups in total. The quantitative estimate of drug-likeness (QED) is 0.0616. The number of imidazole rings is 1. The van der Waals surface area contributed by atoms with Crippen molar-refractivity contribution < 1.29 is 29.0 Å². The summed E-state index contributed by atoms with van der Waals surface area (Å²) in [6.45, 7) is 15.8. The van der Waals surface area contributed by atoms with E-state index in [-0.39, 0.29) is 11.5 Å². The number of ether oxygens (including phenoxy) is 2. The van der Waals surface area contributed by atoms with Crippen molar-refractivity contribution in [1.29, 1.82) is 0 Å². The van der Waals surface area contributed by atoms with Crippen LogP contribution >= 0.6 is 11.6 Å². The summed E-state index contributed by atoms with van der Waals surface area (Å²) in [6, 6.07) is 23.4. The average molecular weight is 889 g/mol. The number of aromatic nitrogens is 5. The third-order valence-electron chi connectivity index (χ3n) is 11.7. The van der Waals surface area contributed by atoms with E-state index in [0.29, 0.717) is 60.0 Å². The van der Waals surface area contributed by atoms with Gasteiger partial charge in [-0.2, -0.15) is 5.10 Å². The lowest BCUT2D eigenvalue weighted by atomic mass is 9.98. The number of likely N-dealkylation sites (N-methyl/N-ethyl adjacent to an activating group) is 1. The molecule has 3 aromatic heterocycles. The summed E-state index contributed by atoms with van der Waals surface area (Å²) in [6.07, 6.45) is 3.05. The molecule has 1 aliphatic rings. The number of para-hydroxylation sites is 1. The number of esters is 1. The lowest BCUT2D eigenvalue weighted by Crippen LogP contribution is -2.45. The maximum atomic E-state index is 14.3. The lowest BCUT2D eigenvalue weighted by molar-refractivity contribution is -0.107. The number of aldehydes is 1. The number of aryl methyl sites for hydroxylation is 4. The number of H-pyrrole nitrogens is 1. The molecule has 0 aliphatic carbocycles. The maximum Gasteiger partial charge on any atom is 0.355 e. The second-order valence-corrected chi connectivity index (χ2v) is 17.8. The molecule has 1 fully saturated rings. The van der Waals surface area contributed by atoms with Gasteiger partial charge < -0.3 is 33.8 Å². The summed E-state index contributed by atoms with van der Waals surface area (Å²) in [7, 11) is 4.13. The normalized spacial score (nSPS) is 13.6. The van der Waals surface area contributed by atoms with Gasteiger partial charge >= 0.3 is 11.9 Å². The van der Waals surface area contributed by atoms with E-state index in [1.807, 2.05) is 69.8 Å². The molecular weight excluding hydrogens is 830 g/mol. The van der Waals surface area contributed by atoms with Gasteiger partial charge in [-0.15, -0.1) is 0 Å². The number of aromatic carboxylic acids is 1. The highest BCUT2D eigenvalue weighted by molar-refractivity contribution is 6.35. The number of carboxylic acids is 1. The van der Waals surface area contributed by atoms with Crippen LogP contribution in [0, 0.1) is 13.8 Å². The van der Waals surface area contributed by atoms with Crippen molar-refractivity contribution in [3.8, 4) is 16.9 Å². The highest BCUT2D eigenvalue weighted by atomic mass is 35.5. The molecule has 4 aromatic carbocycles. The fraction of sp³-hybridized carbons (Fsp3) is 0.380. The molecular formula is C50H58ClN7O6. The summed E-state index contributed by atoms with van der Waals surface area (Å²) in [5.41, 5.74) is 7.02. The molecule has 4 heterocycles. The summed E-state index contributed by atoms with van der Waals surface area (Å²) >= 11 is 7.12. The molecule has 336 valence electrons. The van der Waals surface area contributed by atoms with Crippen LogP contribution in [0.1, 0.15) is 77.2 Å². The number of nitrogens with zero attached hydrogens (tertiary/aromatic N) is 6. The topological polar surface area (TPSA) is 148 Å². The number of hydrogen-bond acceptors (Lipinski definition) is 9. The number of carbonyl (C=O) groups excluding carboxylic acids is 2. The van der Waals surface area contributed by atoms with Gasteiger partial charge in [-0.25, -0.2) is 14.6 Å². The Morgan fingerprint density at radius 3 is 2.33 bits per heavy atom. The zero-order valence-corrected chi connectivity index (χ0v) is 38.6. The second kappa shape index (κ2) is 19.8. The third-order valence-corrected chi connectivity index (χ3v) is 12.0. The van der Waals surface area contributed by atoms with Gasteiger partial charge in [0.1, 0.15) is 34.7 Å². The highest BCUT2D eigenvalue weighted by Gasteiger charge is 2.31. The standard InChI is InChI=1S/C39H48ClN5O3.C11H10N2O3/c1-26-34(27(2)43(7)41-26)35-32(40)18-17-31-30(15-11-25-47-33-16-10-13-28-12-8-9-14-29(28)33)37(38(46)48-39(3,4)5)45(36(31)35)24-23-44-21-19-42(6)20-22-44;14-6-2-5-9-12-8-4-1-3-7(11(15)16)10(8)13-9/h8-10,12-14,16-18H,11,15,19-25H2,1-7H3;1,3-4,6H,2,5H2,(H,12,13)(H,15,16). The van der Waals surface area contributed by atoms with Gasteiger partial charge in [-0.1, -0.05) is 60.1 Å². The Kier molecular flexibility index (Phi) is 14.2. The highest BCUT2D eigenvalue weighted by Crippen LogP contribution is 2.42. The number of piperazine rings is 1. The van der Waals surface area contributed by atoms with Crippen molar-refractivity contribution in [2.45, 2.75) is 72.4 Å². The zero-order chi connectivity index (χ0) is 45.7. The summed E-state index contributed by atoms with van der Waals surface area (Å²) in [4.78, 5) is 47.5. The molecule has 64 heavy (non-hydrogen) atoms. The molecule has 0 radical (unpaired) electrons. The molecule has 14 heteroatoms. The fourth-order valence-electron chi connectivity index (χ4n) is 8.54. The minimum atomic E-state index is -1.00. The number of fused-ring (bicyclic) bond motifs is 3. The number of carboxylic acid groups (broad SMARTS) is 1. The molecule has 0 amide bonds. The Morgan fingerprint density at radius 1 is 0.891 bits per heavy atom. The molecule has 0 spiro atoms. The molecule has 0 atom stereocenters. The fourth-order valence-corrected chi connectivity index (χ4v) is 8.78. The summed E-state index contributed by atoms with van der Waals surface area (Å²) < 4.78 is 16.6. The van der Waals surface area contributed by atoms with Crippen LogP contribution in [0.15, 0.2) is 72.8 Å². The van der Waals surface area contributed by atoms with Crippen LogP contribution in [0.3, 0.4) is 0 Å². The molecule has 8 rings (SSSR count). The molecule has 0 unspecified atom stereocenters. The van der Waals surface area contributed by atoms with Crippen molar-refractivity contribution in [2.24, 2.45) is 7.05 Å². The van der Waals surface area contributed by atoms with E-state index < -0.39 is 11.6 Å². The number of halogens is 1. The minimum Gasteiger partial charge on any atom is -0.493 e. The van der Waals surface area contributed by atoms with Gasteiger partial charge in [-0.05, 0) is 89.7 Å². The Bertz CT molecular complexity index is 2800. The molecule has 0 saturated carbocycles. The van der Waals surface area contributed by atoms with E-state index in [0.717, 1.165) is 101 Å². The lowest BCUT2D eigenvalue weighted by Gasteiger charge is -2.32. The van der Waals surface area contributed by atoms with Crippen molar-refractivity contribution >= 4 is 62.5 Å². The Hall–Kier alpha value is -6.02. The van der Waals surface area contributed by atoms with Gasteiger partial charge in [0.05, 0.1) is 33.9 Å². The monoisotopic (exact) mass is 887 g/mol. The van der Waals surface area contributed by atoms with Crippen LogP contribution in [-0.2, 0) is 36.0 Å². The molecule has 13 nitrogen and oxygen atoms in total. The predicted octanol–water partition coefficient (Wildman–Crippen LogP) is 9.07. The number of rotatable bonds is 14. The van der Waals surface area contributed by atoms with Gasteiger partial charge in [0.25, 0.3) is 0 Å². The first-order chi connectivity index (χ1) is 30.6. The van der Waals surface area contributed by atoms with Crippen molar-refractivity contribution in [2.75, 3.05) is 46.4 Å². The number of aromatic amines is 1. The van der Waals surface area contributed by atoms with Crippen LogP contribution < -0.4 is 4.74 Å². The average Bonchev–Trinajstić information content (AvgIpc) is 3.90. The zero-order valence-electron chi connectivity index (χ0n) is 37.8. The number of hydrogen-bond donors (Lipinski definition) is 2. The van der Waals surface area contributed by atoms with E-state index in [1.165, 1.54) is 6.07 Å². The van der Waals surface area contributed by atoms with Crippen LogP contribution in [0.4, 0.5) is 0 Å². The van der Waals surface area contributed by atoms with Crippen LogP contribution in [0.5, 0.6) is 5.75 Å². The molecule has 1 saturated heterocycles.